The van der Waals surface area contributed by atoms with Gasteiger partial charge in [-0.25, -0.2) is 4.79 Å². The number of nitrogens with two attached hydrogens (primary N) is 1. The second-order valence-electron chi connectivity index (χ2n) is 8.12. The lowest BCUT2D eigenvalue weighted by Gasteiger charge is -2.21. The first-order valence-corrected chi connectivity index (χ1v) is 11.0. The lowest BCUT2D eigenvalue weighted by molar-refractivity contribution is -0.746. The number of aryl methyl sites for hydroxylation is 2. The molecule has 4 N–H and O–H groups in total. The third-order valence-electron chi connectivity index (χ3n) is 5.68. The standard InChI is InChI=1S/C23H22N6O5S/c1-13-3-9-16(10-4-13)29-21(32)17(28(23(29)35)12-18-22(33)34-26-27(18)2)11-19(30)25-15-7-5-14(6-8-15)20(24)31/h3-10,17H,11-12H2,1-2H3,(H3-,24,25,26,30,31,33)/p+1. The van der Waals surface area contributed by atoms with E-state index in [9.17, 15) is 19.2 Å². The summed E-state index contributed by atoms with van der Waals surface area (Å²) in [7, 11) is 1.59. The van der Waals surface area contributed by atoms with Gasteiger partial charge in [0.25, 0.3) is 5.91 Å². The Balaban J connectivity index is 1.60. The average molecular weight is 496 g/mol. The highest BCUT2D eigenvalue weighted by molar-refractivity contribution is 7.80. The largest absolute Gasteiger partial charge is 0.431 e. The minimum Gasteiger partial charge on any atom is -0.366 e. The molecule has 1 unspecified atom stereocenters. The van der Waals surface area contributed by atoms with E-state index >= 15 is 0 Å². The van der Waals surface area contributed by atoms with E-state index < -0.39 is 23.5 Å². The van der Waals surface area contributed by atoms with Crippen molar-refractivity contribution in [1.29, 1.82) is 0 Å². The number of nitrogens with one attached hydrogen (secondary N) is 2. The van der Waals surface area contributed by atoms with Gasteiger partial charge in [-0.2, -0.15) is 0 Å². The van der Waals surface area contributed by atoms with Crippen molar-refractivity contribution in [2.75, 3.05) is 10.2 Å². The van der Waals surface area contributed by atoms with E-state index in [4.69, 9.17) is 22.5 Å². The van der Waals surface area contributed by atoms with Crippen LogP contribution in [-0.4, -0.2) is 39.0 Å². The quantitative estimate of drug-likeness (QED) is 0.324. The van der Waals surface area contributed by atoms with Gasteiger partial charge < -0.3 is 16.0 Å². The highest BCUT2D eigenvalue weighted by atomic mass is 32.1. The third-order valence-corrected chi connectivity index (χ3v) is 6.10. The molecule has 0 spiro atoms. The molecule has 1 aliphatic heterocycles. The zero-order valence-electron chi connectivity index (χ0n) is 19.0. The summed E-state index contributed by atoms with van der Waals surface area (Å²) in [5.41, 5.74) is 7.19. The highest BCUT2D eigenvalue weighted by Crippen LogP contribution is 2.28. The number of H-pyrrole nitrogens is 1. The fourth-order valence-corrected chi connectivity index (χ4v) is 4.13. The summed E-state index contributed by atoms with van der Waals surface area (Å²) in [6, 6.07) is 12.4. The number of hydrogen-bond acceptors (Lipinski definition) is 6. The Hall–Kier alpha value is -4.32. The number of thiocarbonyl (C=S) groups is 1. The number of hydrogen-bond donors (Lipinski definition) is 3. The van der Waals surface area contributed by atoms with Crippen molar-refractivity contribution in [2.45, 2.75) is 25.9 Å². The van der Waals surface area contributed by atoms with Crippen molar-refractivity contribution in [3.05, 3.63) is 75.8 Å². The van der Waals surface area contributed by atoms with Crippen molar-refractivity contribution >= 4 is 46.4 Å². The summed E-state index contributed by atoms with van der Waals surface area (Å²) in [4.78, 5) is 52.6. The summed E-state index contributed by atoms with van der Waals surface area (Å²) in [6.45, 7) is 1.88. The van der Waals surface area contributed by atoms with E-state index in [2.05, 4.69) is 10.6 Å². The van der Waals surface area contributed by atoms with E-state index in [0.29, 0.717) is 16.9 Å². The summed E-state index contributed by atoms with van der Waals surface area (Å²) < 4.78 is 6.21. The molecule has 2 aromatic carbocycles. The monoisotopic (exact) mass is 495 g/mol. The lowest BCUT2D eigenvalue weighted by atomic mass is 10.1. The molecular weight excluding hydrogens is 472 g/mol. The lowest BCUT2D eigenvalue weighted by Crippen LogP contribution is -2.44. The van der Waals surface area contributed by atoms with Crippen LogP contribution in [0.25, 0.3) is 0 Å². The third kappa shape index (κ3) is 4.82. The Labute approximate surface area is 205 Å². The number of benzene rings is 2. The second-order valence-corrected chi connectivity index (χ2v) is 8.48. The first-order chi connectivity index (χ1) is 16.7. The second kappa shape index (κ2) is 9.50. The number of carbonyl (C=O) groups is 3. The van der Waals surface area contributed by atoms with Crippen molar-refractivity contribution in [1.82, 2.24) is 10.2 Å². The number of aromatic amines is 1. The van der Waals surface area contributed by atoms with Crippen LogP contribution >= 0.6 is 12.2 Å². The normalized spacial score (nSPS) is 15.5. The molecular formula is C23H23N6O5S+. The summed E-state index contributed by atoms with van der Waals surface area (Å²) >= 11 is 5.62. The van der Waals surface area contributed by atoms with Crippen molar-refractivity contribution < 1.29 is 23.6 Å². The molecule has 1 aromatic heterocycles. The molecule has 0 saturated carbocycles. The molecule has 3 amide bonds. The van der Waals surface area contributed by atoms with E-state index in [0.717, 1.165) is 5.56 Å². The molecule has 1 fully saturated rings. The van der Waals surface area contributed by atoms with Gasteiger partial charge in [-0.05, 0) is 60.8 Å². The Morgan fingerprint density at radius 1 is 1.14 bits per heavy atom. The highest BCUT2D eigenvalue weighted by Gasteiger charge is 2.45. The van der Waals surface area contributed by atoms with E-state index in [1.807, 2.05) is 19.1 Å². The SMILES string of the molecule is Cc1ccc(N2C(=O)C(CC(=O)Nc3ccc(C(N)=O)cc3)N(Cc3c(=O)o[nH][n+]3C)C2=S)cc1. The Morgan fingerprint density at radius 3 is 2.37 bits per heavy atom. The Morgan fingerprint density at radius 2 is 1.80 bits per heavy atom. The first-order valence-electron chi connectivity index (χ1n) is 10.6. The van der Waals surface area contributed by atoms with Gasteiger partial charge in [-0.3, -0.25) is 23.8 Å². The predicted molar refractivity (Wildman–Crippen MR) is 129 cm³/mol. The number of anilines is 2. The molecule has 11 nitrogen and oxygen atoms in total. The van der Waals surface area contributed by atoms with Crippen LogP contribution in [0.1, 0.15) is 28.0 Å². The smallest absolute Gasteiger partial charge is 0.366 e. The van der Waals surface area contributed by atoms with Crippen molar-refractivity contribution in [2.24, 2.45) is 12.8 Å². The predicted octanol–water partition coefficient (Wildman–Crippen LogP) is 0.731. The van der Waals surface area contributed by atoms with Gasteiger partial charge in [0, 0.05) is 11.3 Å². The average Bonchev–Trinajstić information content (AvgIpc) is 3.25. The maximum atomic E-state index is 13.5. The Bertz CT molecular complexity index is 1360. The van der Waals surface area contributed by atoms with Crippen molar-refractivity contribution in [3.63, 3.8) is 0 Å². The number of amides is 3. The van der Waals surface area contributed by atoms with E-state index in [-0.39, 0.29) is 29.7 Å². The molecule has 0 aliphatic carbocycles. The minimum absolute atomic E-state index is 0.0411. The molecule has 1 aliphatic rings. The fourth-order valence-electron chi connectivity index (χ4n) is 3.74. The maximum absolute atomic E-state index is 13.5. The Kier molecular flexibility index (Phi) is 6.47. The van der Waals surface area contributed by atoms with Gasteiger partial charge in [0.05, 0.1) is 12.1 Å². The number of rotatable bonds is 7. The molecule has 4 rings (SSSR count). The van der Waals surface area contributed by atoms with Crippen LogP contribution in [0.15, 0.2) is 57.8 Å². The summed E-state index contributed by atoms with van der Waals surface area (Å²) in [5, 5.41) is 5.32. The first kappa shape index (κ1) is 23.8. The van der Waals surface area contributed by atoms with E-state index in [1.54, 1.807) is 31.3 Å². The summed E-state index contributed by atoms with van der Waals surface area (Å²) in [6.07, 6.45) is -0.224. The molecule has 0 bridgehead atoms. The van der Waals surface area contributed by atoms with Crippen LogP contribution in [0.2, 0.25) is 0 Å². The number of aromatic nitrogens is 2. The molecule has 180 valence electrons. The minimum atomic E-state index is -0.956. The number of nitrogens with zero attached hydrogens (tertiary/aromatic N) is 3. The molecule has 35 heavy (non-hydrogen) atoms. The van der Waals surface area contributed by atoms with Gasteiger partial charge >= 0.3 is 11.3 Å². The van der Waals surface area contributed by atoms with Crippen LogP contribution in [0.4, 0.5) is 11.4 Å². The number of carbonyl (C=O) groups excluding carboxylic acids is 3. The van der Waals surface area contributed by atoms with E-state index in [1.165, 1.54) is 26.6 Å². The maximum Gasteiger partial charge on any atom is 0.431 e. The zero-order chi connectivity index (χ0) is 25.3. The molecule has 0 radical (unpaired) electrons. The van der Waals surface area contributed by atoms with Gasteiger partial charge in [0.2, 0.25) is 11.8 Å². The molecule has 12 heteroatoms. The topological polar surface area (TPSA) is 146 Å². The summed E-state index contributed by atoms with van der Waals surface area (Å²) in [5.74, 6) is -1.41. The zero-order valence-corrected chi connectivity index (χ0v) is 19.8. The van der Waals surface area contributed by atoms with Crippen LogP contribution in [-0.2, 0) is 23.2 Å². The molecule has 1 saturated heterocycles. The van der Waals surface area contributed by atoms with Crippen molar-refractivity contribution in [3.8, 4) is 0 Å². The van der Waals surface area contributed by atoms with Crippen LogP contribution in [0.3, 0.4) is 0 Å². The van der Waals surface area contributed by atoms with Gasteiger partial charge in [0.15, 0.2) is 12.2 Å². The molecule has 3 aromatic rings. The fraction of sp³-hybridized carbons (Fsp3) is 0.217. The van der Waals surface area contributed by atoms with Gasteiger partial charge in [-0.1, -0.05) is 22.4 Å². The van der Waals surface area contributed by atoms with Crippen LogP contribution in [0, 0.1) is 6.92 Å². The van der Waals surface area contributed by atoms with Gasteiger partial charge in [0.1, 0.15) is 12.6 Å². The number of primary amides is 1. The van der Waals surface area contributed by atoms with Crippen LogP contribution in [0.5, 0.6) is 0 Å². The molecule has 1 atom stereocenters. The van der Waals surface area contributed by atoms with Crippen LogP contribution < -0.4 is 26.3 Å². The van der Waals surface area contributed by atoms with Gasteiger partial charge in [-0.15, -0.1) is 0 Å². The molecule has 2 heterocycles.